The minimum absolute atomic E-state index is 0.205. The summed E-state index contributed by atoms with van der Waals surface area (Å²) in [4.78, 5) is 11.3. The fourth-order valence-electron chi connectivity index (χ4n) is 1.14. The van der Waals surface area contributed by atoms with Crippen LogP contribution in [0.1, 0.15) is 5.56 Å². The Kier molecular flexibility index (Phi) is 4.91. The summed E-state index contributed by atoms with van der Waals surface area (Å²) in [5, 5.41) is -0.632. The molecule has 0 N–H and O–H groups in total. The molecule has 0 aliphatic carbocycles. The number of ether oxygens (including phenoxy) is 1. The number of rotatable bonds is 5. The van der Waals surface area contributed by atoms with Gasteiger partial charge in [-0.1, -0.05) is 43.0 Å². The molecule has 0 amide bonds. The minimum atomic E-state index is -0.632. The van der Waals surface area contributed by atoms with Crippen LogP contribution >= 0.6 is 11.6 Å². The monoisotopic (exact) mass is 224 g/mol. The van der Waals surface area contributed by atoms with Gasteiger partial charge in [-0.2, -0.15) is 0 Å². The molecular formula is C12H13ClO2. The average Bonchev–Trinajstić information content (AvgIpc) is 2.27. The molecule has 0 spiro atoms. The molecule has 0 bridgehead atoms. The standard InChI is InChI=1S/C12H13ClO2/c1-2-8-15-12(14)11(13)9-10-6-4-3-5-7-10/h2-7,11H,1,8-9H2. The van der Waals surface area contributed by atoms with Gasteiger partial charge in [-0.05, 0) is 12.0 Å². The zero-order valence-electron chi connectivity index (χ0n) is 8.36. The third kappa shape index (κ3) is 4.17. The quantitative estimate of drug-likeness (QED) is 0.437. The van der Waals surface area contributed by atoms with Crippen molar-refractivity contribution in [2.24, 2.45) is 0 Å². The Labute approximate surface area is 94.5 Å². The van der Waals surface area contributed by atoms with Crippen molar-refractivity contribution in [3.05, 3.63) is 48.6 Å². The first-order valence-electron chi connectivity index (χ1n) is 4.69. The zero-order chi connectivity index (χ0) is 11.1. The van der Waals surface area contributed by atoms with E-state index in [-0.39, 0.29) is 6.61 Å². The first-order valence-corrected chi connectivity index (χ1v) is 5.13. The van der Waals surface area contributed by atoms with Gasteiger partial charge in [0.15, 0.2) is 0 Å². The van der Waals surface area contributed by atoms with Gasteiger partial charge >= 0.3 is 5.97 Å². The maximum absolute atomic E-state index is 11.3. The molecule has 0 aromatic heterocycles. The van der Waals surface area contributed by atoms with E-state index >= 15 is 0 Å². The van der Waals surface area contributed by atoms with Crippen molar-refractivity contribution in [1.29, 1.82) is 0 Å². The summed E-state index contributed by atoms with van der Waals surface area (Å²) in [6.45, 7) is 3.66. The van der Waals surface area contributed by atoms with Crippen LogP contribution in [0.5, 0.6) is 0 Å². The number of esters is 1. The molecule has 3 heteroatoms. The van der Waals surface area contributed by atoms with Gasteiger partial charge in [0, 0.05) is 0 Å². The molecule has 0 saturated heterocycles. The van der Waals surface area contributed by atoms with Crippen molar-refractivity contribution in [2.75, 3.05) is 6.61 Å². The number of alkyl halides is 1. The van der Waals surface area contributed by atoms with Crippen molar-refractivity contribution in [3.63, 3.8) is 0 Å². The van der Waals surface area contributed by atoms with Gasteiger partial charge in [0.05, 0.1) is 0 Å². The number of hydrogen-bond acceptors (Lipinski definition) is 2. The highest BCUT2D eigenvalue weighted by Gasteiger charge is 2.16. The van der Waals surface area contributed by atoms with E-state index in [4.69, 9.17) is 16.3 Å². The lowest BCUT2D eigenvalue weighted by molar-refractivity contribution is -0.141. The van der Waals surface area contributed by atoms with Crippen molar-refractivity contribution in [3.8, 4) is 0 Å². The lowest BCUT2D eigenvalue weighted by atomic mass is 10.1. The Bertz CT molecular complexity index is 322. The van der Waals surface area contributed by atoms with Gasteiger partial charge in [-0.25, -0.2) is 0 Å². The molecule has 0 radical (unpaired) electrons. The Morgan fingerprint density at radius 3 is 2.73 bits per heavy atom. The highest BCUT2D eigenvalue weighted by molar-refractivity contribution is 6.30. The maximum atomic E-state index is 11.3. The Hall–Kier alpha value is -1.28. The molecule has 1 aromatic carbocycles. The maximum Gasteiger partial charge on any atom is 0.324 e. The summed E-state index contributed by atoms with van der Waals surface area (Å²) in [5.41, 5.74) is 1.02. The molecule has 1 atom stereocenters. The van der Waals surface area contributed by atoms with Crippen LogP contribution in [0.4, 0.5) is 0 Å². The summed E-state index contributed by atoms with van der Waals surface area (Å²) in [6.07, 6.45) is 2.00. The molecule has 0 aliphatic rings. The second kappa shape index (κ2) is 6.25. The molecule has 15 heavy (non-hydrogen) atoms. The van der Waals surface area contributed by atoms with E-state index < -0.39 is 11.3 Å². The first kappa shape index (κ1) is 11.8. The van der Waals surface area contributed by atoms with E-state index in [0.717, 1.165) is 5.56 Å². The lowest BCUT2D eigenvalue weighted by Crippen LogP contribution is -2.20. The van der Waals surface area contributed by atoms with Crippen LogP contribution in [0.2, 0.25) is 0 Å². The molecule has 1 aromatic rings. The highest BCUT2D eigenvalue weighted by atomic mass is 35.5. The normalized spacial score (nSPS) is 11.8. The van der Waals surface area contributed by atoms with Gasteiger partial charge in [0.25, 0.3) is 0 Å². The second-order valence-electron chi connectivity index (χ2n) is 3.08. The minimum Gasteiger partial charge on any atom is -0.460 e. The van der Waals surface area contributed by atoms with Crippen LogP contribution in [0.15, 0.2) is 43.0 Å². The van der Waals surface area contributed by atoms with Crippen molar-refractivity contribution >= 4 is 17.6 Å². The highest BCUT2D eigenvalue weighted by Crippen LogP contribution is 2.09. The predicted octanol–water partition coefficient (Wildman–Crippen LogP) is 2.57. The van der Waals surface area contributed by atoms with Crippen LogP contribution in [-0.4, -0.2) is 18.0 Å². The molecule has 80 valence electrons. The second-order valence-corrected chi connectivity index (χ2v) is 3.60. The van der Waals surface area contributed by atoms with E-state index in [1.165, 1.54) is 6.08 Å². The van der Waals surface area contributed by atoms with Gasteiger partial charge in [0.2, 0.25) is 0 Å². The topological polar surface area (TPSA) is 26.3 Å². The summed E-state index contributed by atoms with van der Waals surface area (Å²) >= 11 is 5.89. The third-order valence-corrected chi connectivity index (χ3v) is 2.19. The Morgan fingerprint density at radius 1 is 1.47 bits per heavy atom. The van der Waals surface area contributed by atoms with Crippen LogP contribution < -0.4 is 0 Å². The summed E-state index contributed by atoms with van der Waals surface area (Å²) in [6, 6.07) is 9.59. The first-order chi connectivity index (χ1) is 7.24. The number of hydrogen-bond donors (Lipinski definition) is 0. The van der Waals surface area contributed by atoms with Gasteiger partial charge in [-0.15, -0.1) is 11.6 Å². The number of carbonyl (C=O) groups is 1. The summed E-state index contributed by atoms with van der Waals surface area (Å²) < 4.78 is 4.84. The lowest BCUT2D eigenvalue weighted by Gasteiger charge is -2.08. The van der Waals surface area contributed by atoms with E-state index in [1.807, 2.05) is 30.3 Å². The van der Waals surface area contributed by atoms with Gasteiger partial charge in [-0.3, -0.25) is 4.79 Å². The van der Waals surface area contributed by atoms with Crippen LogP contribution in [0, 0.1) is 0 Å². The smallest absolute Gasteiger partial charge is 0.324 e. The van der Waals surface area contributed by atoms with E-state index in [0.29, 0.717) is 6.42 Å². The molecule has 1 rings (SSSR count). The number of benzene rings is 1. The van der Waals surface area contributed by atoms with Crippen LogP contribution in [0.3, 0.4) is 0 Å². The van der Waals surface area contributed by atoms with E-state index in [1.54, 1.807) is 0 Å². The number of halogens is 1. The molecule has 2 nitrogen and oxygen atoms in total. The predicted molar refractivity (Wildman–Crippen MR) is 60.9 cm³/mol. The van der Waals surface area contributed by atoms with Gasteiger partial charge < -0.3 is 4.74 Å². The third-order valence-electron chi connectivity index (χ3n) is 1.86. The van der Waals surface area contributed by atoms with E-state index in [9.17, 15) is 4.79 Å². The summed E-state index contributed by atoms with van der Waals surface area (Å²) in [7, 11) is 0. The van der Waals surface area contributed by atoms with Crippen molar-refractivity contribution < 1.29 is 9.53 Å². The molecular weight excluding hydrogens is 212 g/mol. The van der Waals surface area contributed by atoms with Crippen LogP contribution in [-0.2, 0) is 16.0 Å². The fraction of sp³-hybridized carbons (Fsp3) is 0.250. The molecule has 1 unspecified atom stereocenters. The molecule has 0 fully saturated rings. The van der Waals surface area contributed by atoms with Crippen LogP contribution in [0.25, 0.3) is 0 Å². The largest absolute Gasteiger partial charge is 0.460 e. The van der Waals surface area contributed by atoms with E-state index in [2.05, 4.69) is 6.58 Å². The molecule has 0 heterocycles. The average molecular weight is 225 g/mol. The number of carbonyl (C=O) groups excluding carboxylic acids is 1. The zero-order valence-corrected chi connectivity index (χ0v) is 9.11. The molecule has 0 saturated carbocycles. The Balaban J connectivity index is 2.45. The SMILES string of the molecule is C=CCOC(=O)C(Cl)Cc1ccccc1. The molecule has 0 aliphatic heterocycles. The summed E-state index contributed by atoms with van der Waals surface area (Å²) in [5.74, 6) is -0.402. The Morgan fingerprint density at radius 2 is 2.13 bits per heavy atom. The van der Waals surface area contributed by atoms with Crippen molar-refractivity contribution in [1.82, 2.24) is 0 Å². The van der Waals surface area contributed by atoms with Gasteiger partial charge in [0.1, 0.15) is 12.0 Å². The van der Waals surface area contributed by atoms with Crippen molar-refractivity contribution in [2.45, 2.75) is 11.8 Å². The fourth-order valence-corrected chi connectivity index (χ4v) is 1.38.